The van der Waals surface area contributed by atoms with Crippen LogP contribution in [0.25, 0.3) is 0 Å². The number of fused-ring (bicyclic) bond motifs is 8. The highest BCUT2D eigenvalue weighted by Gasteiger charge is 2.60. The number of benzene rings is 2. The lowest BCUT2D eigenvalue weighted by Crippen LogP contribution is -2.43. The highest BCUT2D eigenvalue weighted by atomic mass is 79.9. The van der Waals surface area contributed by atoms with E-state index >= 15 is 0 Å². The molecular formula is C21H15BrN4. The van der Waals surface area contributed by atoms with Crippen LogP contribution in [0.3, 0.4) is 0 Å². The summed E-state index contributed by atoms with van der Waals surface area (Å²) in [4.78, 5) is 14.1. The van der Waals surface area contributed by atoms with Crippen molar-refractivity contribution < 1.29 is 0 Å². The van der Waals surface area contributed by atoms with E-state index in [0.717, 1.165) is 21.8 Å². The first-order valence-corrected chi connectivity index (χ1v) is 9.47. The summed E-state index contributed by atoms with van der Waals surface area (Å²) >= 11 is 3.64. The maximum atomic E-state index is 4.70. The normalized spacial score (nSPS) is 24.7. The van der Waals surface area contributed by atoms with Crippen molar-refractivity contribution in [2.24, 2.45) is 5.92 Å². The molecule has 0 amide bonds. The molecule has 26 heavy (non-hydrogen) atoms. The van der Waals surface area contributed by atoms with E-state index in [2.05, 4.69) is 74.8 Å². The smallest absolute Gasteiger partial charge is 0.178 e. The van der Waals surface area contributed by atoms with Crippen molar-refractivity contribution in [1.29, 1.82) is 0 Å². The molecule has 1 fully saturated rings. The van der Waals surface area contributed by atoms with Crippen LogP contribution in [-0.2, 0) is 0 Å². The molecule has 5 heteroatoms. The van der Waals surface area contributed by atoms with E-state index in [1.807, 2.05) is 6.07 Å². The summed E-state index contributed by atoms with van der Waals surface area (Å²) in [6.45, 7) is 4.38. The van der Waals surface area contributed by atoms with E-state index in [0.29, 0.717) is 11.8 Å². The standard InChI is InChI=1S/C21H15BrN4/c1-12-17-15-8-7-13(22)11-16(15)26-20-19(23-9-10-24-20)25(21(26)18(12)17)14-5-3-2-4-6-14/h2-11,17-18,21H,1H2. The topological polar surface area (TPSA) is 32.3 Å². The zero-order valence-corrected chi connectivity index (χ0v) is 15.5. The number of nitrogens with zero attached hydrogens (tertiary/aromatic N) is 4. The third-order valence-electron chi connectivity index (χ3n) is 5.67. The molecule has 0 spiro atoms. The minimum absolute atomic E-state index is 0.133. The van der Waals surface area contributed by atoms with Gasteiger partial charge in [0.1, 0.15) is 6.17 Å². The second kappa shape index (κ2) is 4.95. The van der Waals surface area contributed by atoms with Gasteiger partial charge in [-0.25, -0.2) is 9.97 Å². The largest absolute Gasteiger partial charge is 0.301 e. The lowest BCUT2D eigenvalue weighted by molar-refractivity contribution is 0.583. The molecule has 0 saturated heterocycles. The molecule has 2 aliphatic heterocycles. The molecule has 3 unspecified atom stereocenters. The Labute approximate surface area is 159 Å². The predicted molar refractivity (Wildman–Crippen MR) is 106 cm³/mol. The fourth-order valence-corrected chi connectivity index (χ4v) is 4.90. The average molecular weight is 403 g/mol. The van der Waals surface area contributed by atoms with Crippen molar-refractivity contribution in [3.05, 3.63) is 83.1 Å². The summed E-state index contributed by atoms with van der Waals surface area (Å²) in [6.07, 6.45) is 3.68. The molecule has 0 N–H and O–H groups in total. The lowest BCUT2D eigenvalue weighted by Gasteiger charge is -2.36. The molecule has 0 bridgehead atoms. The van der Waals surface area contributed by atoms with Gasteiger partial charge in [0.05, 0.1) is 0 Å². The number of rotatable bonds is 1. The van der Waals surface area contributed by atoms with Gasteiger partial charge >= 0.3 is 0 Å². The van der Waals surface area contributed by atoms with E-state index in [4.69, 9.17) is 9.97 Å². The van der Waals surface area contributed by atoms with E-state index in [9.17, 15) is 0 Å². The molecule has 3 aromatic rings. The van der Waals surface area contributed by atoms with Crippen LogP contribution in [0, 0.1) is 5.92 Å². The van der Waals surface area contributed by atoms with Crippen molar-refractivity contribution >= 4 is 38.9 Å². The quantitative estimate of drug-likeness (QED) is 0.527. The van der Waals surface area contributed by atoms with Gasteiger partial charge in [-0.1, -0.05) is 52.3 Å². The zero-order valence-electron chi connectivity index (χ0n) is 13.9. The first kappa shape index (κ1) is 14.5. The number of halogens is 1. The third-order valence-corrected chi connectivity index (χ3v) is 6.16. The Kier molecular flexibility index (Phi) is 2.76. The molecule has 2 aromatic carbocycles. The van der Waals surface area contributed by atoms with Crippen molar-refractivity contribution in [1.82, 2.24) is 9.97 Å². The van der Waals surface area contributed by atoms with Crippen molar-refractivity contribution in [3.63, 3.8) is 0 Å². The number of aromatic nitrogens is 2. The highest BCUT2D eigenvalue weighted by molar-refractivity contribution is 9.10. The zero-order chi connectivity index (χ0) is 17.4. The van der Waals surface area contributed by atoms with Gasteiger partial charge < -0.3 is 9.80 Å². The molecule has 3 aliphatic rings. The van der Waals surface area contributed by atoms with Crippen molar-refractivity contribution in [2.45, 2.75) is 12.1 Å². The Hall–Kier alpha value is -2.66. The van der Waals surface area contributed by atoms with E-state index in [-0.39, 0.29) is 6.17 Å². The monoisotopic (exact) mass is 402 g/mol. The van der Waals surface area contributed by atoms with Gasteiger partial charge in [0.2, 0.25) is 0 Å². The Bertz CT molecular complexity index is 1060. The molecular weight excluding hydrogens is 388 g/mol. The van der Waals surface area contributed by atoms with Gasteiger partial charge in [-0.3, -0.25) is 0 Å². The Morgan fingerprint density at radius 2 is 1.65 bits per heavy atom. The van der Waals surface area contributed by atoms with Crippen LogP contribution in [0.4, 0.5) is 23.0 Å². The van der Waals surface area contributed by atoms with Crippen LogP contribution in [0.5, 0.6) is 0 Å². The molecule has 3 atom stereocenters. The van der Waals surface area contributed by atoms with Crippen LogP contribution >= 0.6 is 15.9 Å². The number of hydrogen-bond donors (Lipinski definition) is 0. The second-order valence-corrected chi connectivity index (χ2v) is 7.89. The summed E-state index contributed by atoms with van der Waals surface area (Å²) in [5.41, 5.74) is 4.98. The van der Waals surface area contributed by atoms with Crippen molar-refractivity contribution in [2.75, 3.05) is 9.80 Å². The summed E-state index contributed by atoms with van der Waals surface area (Å²) < 4.78 is 1.07. The third kappa shape index (κ3) is 1.73. The summed E-state index contributed by atoms with van der Waals surface area (Å²) in [5.74, 6) is 2.63. The van der Waals surface area contributed by atoms with E-state index in [1.165, 1.54) is 16.8 Å². The van der Waals surface area contributed by atoms with Crippen LogP contribution < -0.4 is 9.80 Å². The molecule has 1 aliphatic carbocycles. The van der Waals surface area contributed by atoms with Crippen LogP contribution in [0.1, 0.15) is 11.5 Å². The number of anilines is 4. The number of para-hydroxylation sites is 1. The summed E-state index contributed by atoms with van der Waals surface area (Å²) in [7, 11) is 0. The summed E-state index contributed by atoms with van der Waals surface area (Å²) in [5, 5.41) is 0. The molecule has 0 radical (unpaired) electrons. The maximum absolute atomic E-state index is 4.70. The number of hydrogen-bond acceptors (Lipinski definition) is 4. The predicted octanol–water partition coefficient (Wildman–Crippen LogP) is 5.14. The van der Waals surface area contributed by atoms with Gasteiger partial charge in [-0.05, 0) is 29.8 Å². The molecule has 4 nitrogen and oxygen atoms in total. The highest BCUT2D eigenvalue weighted by Crippen LogP contribution is 2.66. The van der Waals surface area contributed by atoms with E-state index in [1.54, 1.807) is 12.4 Å². The molecule has 6 rings (SSSR count). The van der Waals surface area contributed by atoms with Crippen LogP contribution in [0.2, 0.25) is 0 Å². The minimum Gasteiger partial charge on any atom is -0.301 e. The lowest BCUT2D eigenvalue weighted by atomic mass is 9.99. The Morgan fingerprint density at radius 3 is 2.42 bits per heavy atom. The van der Waals surface area contributed by atoms with Gasteiger partial charge in [0.25, 0.3) is 0 Å². The van der Waals surface area contributed by atoms with Crippen LogP contribution in [0.15, 0.2) is 77.5 Å². The van der Waals surface area contributed by atoms with Gasteiger partial charge in [-0.2, -0.15) is 0 Å². The second-order valence-electron chi connectivity index (χ2n) is 6.97. The Morgan fingerprint density at radius 1 is 0.923 bits per heavy atom. The van der Waals surface area contributed by atoms with Gasteiger partial charge in [-0.15, -0.1) is 0 Å². The molecule has 3 heterocycles. The van der Waals surface area contributed by atoms with Gasteiger partial charge in [0.15, 0.2) is 11.6 Å². The average Bonchev–Trinajstić information content (AvgIpc) is 3.21. The first-order chi connectivity index (χ1) is 12.8. The maximum Gasteiger partial charge on any atom is 0.178 e. The van der Waals surface area contributed by atoms with E-state index < -0.39 is 0 Å². The summed E-state index contributed by atoms with van der Waals surface area (Å²) in [6, 6.07) is 17.0. The first-order valence-electron chi connectivity index (χ1n) is 8.68. The SMILES string of the molecule is C=C1C2c3ccc(Br)cc3N3c4nccnc4N(c4ccccc4)C3C12. The minimum atomic E-state index is 0.133. The molecule has 1 aromatic heterocycles. The fourth-order valence-electron chi connectivity index (χ4n) is 4.55. The van der Waals surface area contributed by atoms with Crippen LogP contribution in [-0.4, -0.2) is 16.1 Å². The van der Waals surface area contributed by atoms with Gasteiger partial charge in [0, 0.05) is 40.1 Å². The molecule has 1 saturated carbocycles. The van der Waals surface area contributed by atoms with Crippen molar-refractivity contribution in [3.8, 4) is 0 Å². The fraction of sp³-hybridized carbons (Fsp3) is 0.143. The molecule has 126 valence electrons. The Balaban J connectivity index is 1.64.